The van der Waals surface area contributed by atoms with Gasteiger partial charge in [0.25, 0.3) is 0 Å². The average molecular weight is 331 g/mol. The van der Waals surface area contributed by atoms with Crippen LogP contribution in [0.25, 0.3) is 11.1 Å². The zero-order valence-electron chi connectivity index (χ0n) is 14.2. The Balaban J connectivity index is 1.92. The number of nitrogens with zero attached hydrogens (tertiary/aromatic N) is 2. The first-order chi connectivity index (χ1) is 12.1. The molecule has 0 bridgehead atoms. The van der Waals surface area contributed by atoms with Crippen LogP contribution in [0.1, 0.15) is 25.3 Å². The molecular formula is C21H21N3O. The smallest absolute Gasteiger partial charge is 0.339 e. The van der Waals surface area contributed by atoms with Gasteiger partial charge in [0.05, 0.1) is 11.4 Å². The Morgan fingerprint density at radius 2 is 1.80 bits per heavy atom. The summed E-state index contributed by atoms with van der Waals surface area (Å²) in [5.41, 5.74) is 10.2. The number of urea groups is 1. The van der Waals surface area contributed by atoms with Crippen molar-refractivity contribution in [3.63, 3.8) is 0 Å². The van der Waals surface area contributed by atoms with Crippen molar-refractivity contribution in [2.24, 2.45) is 10.8 Å². The molecule has 4 nitrogen and oxygen atoms in total. The molecular weight excluding hydrogens is 310 g/mol. The number of hydrogen-bond acceptors (Lipinski definition) is 2. The predicted octanol–water partition coefficient (Wildman–Crippen LogP) is 4.69. The Kier molecular flexibility index (Phi) is 5.09. The van der Waals surface area contributed by atoms with Crippen molar-refractivity contribution in [2.45, 2.75) is 19.8 Å². The van der Waals surface area contributed by atoms with E-state index in [1.807, 2.05) is 55.5 Å². The van der Waals surface area contributed by atoms with Crippen molar-refractivity contribution in [3.05, 3.63) is 84.1 Å². The van der Waals surface area contributed by atoms with Gasteiger partial charge in [-0.1, -0.05) is 60.7 Å². The number of rotatable bonds is 4. The molecule has 2 amide bonds. The van der Waals surface area contributed by atoms with Crippen molar-refractivity contribution in [2.75, 3.05) is 0 Å². The predicted molar refractivity (Wildman–Crippen MR) is 102 cm³/mol. The molecule has 0 spiro atoms. The highest BCUT2D eigenvalue weighted by Crippen LogP contribution is 2.21. The van der Waals surface area contributed by atoms with Gasteiger partial charge in [-0.15, -0.1) is 0 Å². The Bertz CT molecular complexity index is 850. The summed E-state index contributed by atoms with van der Waals surface area (Å²) < 4.78 is 0. The van der Waals surface area contributed by atoms with E-state index >= 15 is 0 Å². The third-order valence-corrected chi connectivity index (χ3v) is 4.07. The van der Waals surface area contributed by atoms with Crippen LogP contribution < -0.4 is 5.73 Å². The topological polar surface area (TPSA) is 58.7 Å². The van der Waals surface area contributed by atoms with Crippen LogP contribution in [0.5, 0.6) is 0 Å². The number of amides is 2. The molecule has 0 radical (unpaired) electrons. The van der Waals surface area contributed by atoms with Crippen molar-refractivity contribution in [3.8, 4) is 11.1 Å². The first kappa shape index (κ1) is 16.7. The standard InChI is InChI=1S/C21H21N3O/c1-16(23-24(21(22)25)20-13-6-3-7-14-20)18-11-8-12-19(15-18)17-9-4-2-5-10-17/h2,4-6,8-15H,3,7H2,1H3,(H2,22,25)/b23-16+. The summed E-state index contributed by atoms with van der Waals surface area (Å²) in [6.45, 7) is 1.88. The number of primary amides is 1. The third-order valence-electron chi connectivity index (χ3n) is 4.07. The van der Waals surface area contributed by atoms with Crippen LogP contribution in [0.15, 0.2) is 83.6 Å². The van der Waals surface area contributed by atoms with Crippen molar-refractivity contribution in [1.29, 1.82) is 0 Å². The average Bonchev–Trinajstić information content (AvgIpc) is 2.67. The van der Waals surface area contributed by atoms with Gasteiger partial charge in [-0.3, -0.25) is 0 Å². The van der Waals surface area contributed by atoms with E-state index in [0.29, 0.717) is 0 Å². The lowest BCUT2D eigenvalue weighted by molar-refractivity contribution is 0.223. The Labute approximate surface area is 148 Å². The highest BCUT2D eigenvalue weighted by molar-refractivity contribution is 6.00. The second kappa shape index (κ2) is 7.62. The van der Waals surface area contributed by atoms with E-state index in [0.717, 1.165) is 40.9 Å². The van der Waals surface area contributed by atoms with E-state index in [1.54, 1.807) is 0 Å². The number of benzene rings is 2. The molecule has 0 atom stereocenters. The molecule has 1 aliphatic carbocycles. The van der Waals surface area contributed by atoms with Gasteiger partial charge >= 0.3 is 6.03 Å². The van der Waals surface area contributed by atoms with E-state index in [2.05, 4.69) is 29.4 Å². The maximum absolute atomic E-state index is 11.8. The van der Waals surface area contributed by atoms with Gasteiger partial charge in [-0.25, -0.2) is 4.79 Å². The molecule has 2 aromatic carbocycles. The molecule has 1 aliphatic rings. The quantitative estimate of drug-likeness (QED) is 0.641. The maximum Gasteiger partial charge on any atom is 0.339 e. The molecule has 2 aromatic rings. The summed E-state index contributed by atoms with van der Waals surface area (Å²) in [4.78, 5) is 11.8. The molecule has 0 aliphatic heterocycles. The van der Waals surface area contributed by atoms with E-state index in [4.69, 9.17) is 5.73 Å². The van der Waals surface area contributed by atoms with Crippen molar-refractivity contribution < 1.29 is 4.79 Å². The van der Waals surface area contributed by atoms with Crippen molar-refractivity contribution in [1.82, 2.24) is 5.01 Å². The number of nitrogens with two attached hydrogens (primary N) is 1. The Hall–Kier alpha value is -3.14. The molecule has 0 heterocycles. The van der Waals surface area contributed by atoms with Crippen molar-refractivity contribution >= 4 is 11.7 Å². The van der Waals surface area contributed by atoms with Crippen LogP contribution in [0.4, 0.5) is 4.79 Å². The minimum absolute atomic E-state index is 0.587. The molecule has 0 aromatic heterocycles. The summed E-state index contributed by atoms with van der Waals surface area (Å²) in [6, 6.07) is 17.7. The second-order valence-corrected chi connectivity index (χ2v) is 5.89. The first-order valence-corrected chi connectivity index (χ1v) is 8.32. The number of carbonyl (C=O) groups is 1. The highest BCUT2D eigenvalue weighted by Gasteiger charge is 2.14. The summed E-state index contributed by atoms with van der Waals surface area (Å²) in [5.74, 6) is 0. The van der Waals surface area contributed by atoms with E-state index in [1.165, 1.54) is 5.01 Å². The third kappa shape index (κ3) is 4.04. The second-order valence-electron chi connectivity index (χ2n) is 5.89. The molecule has 126 valence electrons. The maximum atomic E-state index is 11.8. The number of allylic oxidation sites excluding steroid dienone is 3. The molecule has 2 N–H and O–H groups in total. The number of hydrogen-bond donors (Lipinski definition) is 1. The largest absolute Gasteiger partial charge is 0.350 e. The van der Waals surface area contributed by atoms with E-state index in [9.17, 15) is 4.79 Å². The molecule has 0 saturated carbocycles. The highest BCUT2D eigenvalue weighted by atomic mass is 16.2. The van der Waals surface area contributed by atoms with Gasteiger partial charge < -0.3 is 5.73 Å². The SMILES string of the molecule is C/C(=N\N(C(N)=O)C1=CCCC=C1)c1cccc(-c2ccccc2)c1. The Morgan fingerprint density at radius 1 is 1.04 bits per heavy atom. The minimum atomic E-state index is -0.587. The normalized spacial score (nSPS) is 14.1. The van der Waals surface area contributed by atoms with Crippen LogP contribution in [-0.4, -0.2) is 16.8 Å². The zero-order chi connectivity index (χ0) is 17.6. The summed E-state index contributed by atoms with van der Waals surface area (Å²) in [5, 5.41) is 5.72. The fourth-order valence-corrected chi connectivity index (χ4v) is 2.75. The first-order valence-electron chi connectivity index (χ1n) is 8.32. The number of hydrazone groups is 1. The number of carbonyl (C=O) groups excluding carboxylic acids is 1. The zero-order valence-corrected chi connectivity index (χ0v) is 14.2. The van der Waals surface area contributed by atoms with Crippen LogP contribution in [0.2, 0.25) is 0 Å². The molecule has 3 rings (SSSR count). The monoisotopic (exact) mass is 331 g/mol. The fraction of sp³-hybridized carbons (Fsp3) is 0.143. The van der Waals surface area contributed by atoms with Gasteiger partial charge in [0, 0.05) is 0 Å². The Morgan fingerprint density at radius 3 is 2.48 bits per heavy atom. The minimum Gasteiger partial charge on any atom is -0.350 e. The summed E-state index contributed by atoms with van der Waals surface area (Å²) in [6.07, 6.45) is 7.73. The van der Waals surface area contributed by atoms with Crippen LogP contribution in [0, 0.1) is 0 Å². The fourth-order valence-electron chi connectivity index (χ4n) is 2.75. The molecule has 4 heteroatoms. The summed E-state index contributed by atoms with van der Waals surface area (Å²) in [7, 11) is 0. The lowest BCUT2D eigenvalue weighted by atomic mass is 10.0. The van der Waals surface area contributed by atoms with Gasteiger partial charge in [0.2, 0.25) is 0 Å². The molecule has 0 unspecified atom stereocenters. The lowest BCUT2D eigenvalue weighted by Gasteiger charge is -2.19. The molecule has 0 fully saturated rings. The van der Waals surface area contributed by atoms with Crippen LogP contribution in [0.3, 0.4) is 0 Å². The van der Waals surface area contributed by atoms with Crippen LogP contribution in [-0.2, 0) is 0 Å². The van der Waals surface area contributed by atoms with Gasteiger partial charge in [-0.2, -0.15) is 10.1 Å². The van der Waals surface area contributed by atoms with Crippen LogP contribution >= 0.6 is 0 Å². The molecule has 25 heavy (non-hydrogen) atoms. The van der Waals surface area contributed by atoms with E-state index < -0.39 is 6.03 Å². The van der Waals surface area contributed by atoms with Gasteiger partial charge in [-0.05, 0) is 48.6 Å². The van der Waals surface area contributed by atoms with Gasteiger partial charge in [0.1, 0.15) is 0 Å². The van der Waals surface area contributed by atoms with Gasteiger partial charge in [0.15, 0.2) is 0 Å². The summed E-state index contributed by atoms with van der Waals surface area (Å²) >= 11 is 0. The lowest BCUT2D eigenvalue weighted by Crippen LogP contribution is -2.31. The van der Waals surface area contributed by atoms with E-state index in [-0.39, 0.29) is 0 Å². The molecule has 0 saturated heterocycles.